The van der Waals surface area contributed by atoms with Crippen molar-refractivity contribution in [2.75, 3.05) is 13.1 Å². The standard InChI is InChI=1S/C27H30FNO3/c1-16-10-19(18-6-8-20(28)9-7-18)11-17(2)23(16)24-21(30)12-27(13-22(24)31)14-29(15-27)25(32)26(3,4)5/h6-11,24H,12-15H2,1-5H3. The van der Waals surface area contributed by atoms with Crippen LogP contribution in [0.3, 0.4) is 0 Å². The predicted molar refractivity (Wildman–Crippen MR) is 122 cm³/mol. The van der Waals surface area contributed by atoms with E-state index in [1.807, 2.05) is 46.8 Å². The van der Waals surface area contributed by atoms with Gasteiger partial charge in [0.25, 0.3) is 0 Å². The van der Waals surface area contributed by atoms with Crippen LogP contribution in [0, 0.1) is 30.5 Å². The fourth-order valence-electron chi connectivity index (χ4n) is 5.35. The normalized spacial score (nSPS) is 18.8. The molecule has 2 aromatic carbocycles. The number of nitrogens with zero attached hydrogens (tertiary/aromatic N) is 1. The van der Waals surface area contributed by atoms with Crippen molar-refractivity contribution in [2.24, 2.45) is 10.8 Å². The first-order chi connectivity index (χ1) is 14.9. The number of hydrogen-bond acceptors (Lipinski definition) is 3. The number of halogens is 1. The highest BCUT2D eigenvalue weighted by molar-refractivity contribution is 6.11. The third-order valence-electron chi connectivity index (χ3n) is 6.78. The van der Waals surface area contributed by atoms with Gasteiger partial charge < -0.3 is 4.90 Å². The van der Waals surface area contributed by atoms with Crippen LogP contribution in [-0.2, 0) is 14.4 Å². The summed E-state index contributed by atoms with van der Waals surface area (Å²) >= 11 is 0. The van der Waals surface area contributed by atoms with E-state index in [0.717, 1.165) is 27.8 Å². The Morgan fingerprint density at radius 2 is 1.44 bits per heavy atom. The van der Waals surface area contributed by atoms with Crippen molar-refractivity contribution in [3.05, 3.63) is 58.9 Å². The summed E-state index contributed by atoms with van der Waals surface area (Å²) in [6.45, 7) is 10.5. The molecule has 0 aromatic heterocycles. The van der Waals surface area contributed by atoms with Gasteiger partial charge in [-0.05, 0) is 53.8 Å². The number of aryl methyl sites for hydroxylation is 2. The molecule has 2 aromatic rings. The van der Waals surface area contributed by atoms with Crippen LogP contribution in [0.25, 0.3) is 11.1 Å². The maximum Gasteiger partial charge on any atom is 0.227 e. The molecule has 168 valence electrons. The second-order valence-electron chi connectivity index (χ2n) is 10.7. The Morgan fingerprint density at radius 1 is 0.938 bits per heavy atom. The van der Waals surface area contributed by atoms with Crippen molar-refractivity contribution < 1.29 is 18.8 Å². The molecule has 5 heteroatoms. The maximum absolute atomic E-state index is 13.3. The number of amides is 1. The fraction of sp³-hybridized carbons (Fsp3) is 0.444. The zero-order valence-corrected chi connectivity index (χ0v) is 19.4. The smallest absolute Gasteiger partial charge is 0.227 e. The first kappa shape index (κ1) is 22.4. The lowest BCUT2D eigenvalue weighted by molar-refractivity contribution is -0.160. The molecule has 4 nitrogen and oxygen atoms in total. The van der Waals surface area contributed by atoms with E-state index in [1.54, 1.807) is 17.0 Å². The molecule has 0 radical (unpaired) electrons. The Morgan fingerprint density at radius 3 is 1.91 bits per heavy atom. The second kappa shape index (κ2) is 7.65. The van der Waals surface area contributed by atoms with Gasteiger partial charge in [0.1, 0.15) is 23.3 Å². The third kappa shape index (κ3) is 3.89. The van der Waals surface area contributed by atoms with Gasteiger partial charge in [0.2, 0.25) is 5.91 Å². The van der Waals surface area contributed by atoms with Crippen LogP contribution in [0.2, 0.25) is 0 Å². The Kier molecular flexibility index (Phi) is 5.35. The molecular weight excluding hydrogens is 405 g/mol. The van der Waals surface area contributed by atoms with Crippen molar-refractivity contribution >= 4 is 17.5 Å². The van der Waals surface area contributed by atoms with E-state index in [1.165, 1.54) is 12.1 Å². The Hall–Kier alpha value is -2.82. The summed E-state index contributed by atoms with van der Waals surface area (Å²) in [5, 5.41) is 0. The SMILES string of the molecule is Cc1cc(-c2ccc(F)cc2)cc(C)c1C1C(=O)CC2(CC1=O)CN(C(=O)C(C)(C)C)C2. The van der Waals surface area contributed by atoms with Gasteiger partial charge in [-0.25, -0.2) is 4.39 Å². The molecule has 1 amide bonds. The van der Waals surface area contributed by atoms with E-state index in [-0.39, 0.29) is 23.3 Å². The van der Waals surface area contributed by atoms with Gasteiger partial charge in [-0.3, -0.25) is 14.4 Å². The average Bonchev–Trinajstić information content (AvgIpc) is 2.66. The van der Waals surface area contributed by atoms with Gasteiger partial charge in [-0.1, -0.05) is 45.0 Å². The molecule has 1 saturated heterocycles. The molecule has 1 spiro atoms. The van der Waals surface area contributed by atoms with Gasteiger partial charge >= 0.3 is 0 Å². The monoisotopic (exact) mass is 435 g/mol. The molecule has 1 aliphatic heterocycles. The van der Waals surface area contributed by atoms with Crippen LogP contribution in [0.4, 0.5) is 4.39 Å². The van der Waals surface area contributed by atoms with Crippen molar-refractivity contribution in [1.29, 1.82) is 0 Å². The van der Waals surface area contributed by atoms with Crippen LogP contribution >= 0.6 is 0 Å². The summed E-state index contributed by atoms with van der Waals surface area (Å²) in [4.78, 5) is 40.7. The molecule has 0 bridgehead atoms. The molecular formula is C27H30FNO3. The molecule has 0 atom stereocenters. The molecule has 1 saturated carbocycles. The van der Waals surface area contributed by atoms with Gasteiger partial charge in [0, 0.05) is 36.8 Å². The highest BCUT2D eigenvalue weighted by Crippen LogP contribution is 2.47. The topological polar surface area (TPSA) is 54.5 Å². The molecule has 4 rings (SSSR count). The Bertz CT molecular complexity index is 1060. The number of benzene rings is 2. The van der Waals surface area contributed by atoms with Gasteiger partial charge in [-0.2, -0.15) is 0 Å². The summed E-state index contributed by atoms with van der Waals surface area (Å²) < 4.78 is 13.3. The van der Waals surface area contributed by atoms with Crippen LogP contribution < -0.4 is 0 Å². The average molecular weight is 436 g/mol. The number of carbonyl (C=O) groups excluding carboxylic acids is 3. The largest absolute Gasteiger partial charge is 0.341 e. The van der Waals surface area contributed by atoms with E-state index < -0.39 is 16.7 Å². The molecule has 1 aliphatic carbocycles. The minimum atomic E-state index is -0.740. The van der Waals surface area contributed by atoms with E-state index >= 15 is 0 Å². The zero-order chi connectivity index (χ0) is 23.4. The summed E-state index contributed by atoms with van der Waals surface area (Å²) in [6, 6.07) is 10.2. The number of ketones is 2. The van der Waals surface area contributed by atoms with Gasteiger partial charge in [0.05, 0.1) is 0 Å². The van der Waals surface area contributed by atoms with Crippen LogP contribution in [0.1, 0.15) is 56.2 Å². The highest BCUT2D eigenvalue weighted by Gasteiger charge is 2.54. The van der Waals surface area contributed by atoms with E-state index in [0.29, 0.717) is 25.9 Å². The van der Waals surface area contributed by atoms with E-state index in [4.69, 9.17) is 0 Å². The van der Waals surface area contributed by atoms with Gasteiger partial charge in [0.15, 0.2) is 0 Å². The first-order valence-electron chi connectivity index (χ1n) is 11.1. The summed E-state index contributed by atoms with van der Waals surface area (Å²) in [7, 11) is 0. The quantitative estimate of drug-likeness (QED) is 0.624. The maximum atomic E-state index is 13.3. The Balaban J connectivity index is 1.56. The fourth-order valence-corrected chi connectivity index (χ4v) is 5.35. The number of Topliss-reactive ketones (excluding diaryl/α,β-unsaturated/α-hetero) is 2. The van der Waals surface area contributed by atoms with E-state index in [9.17, 15) is 18.8 Å². The van der Waals surface area contributed by atoms with Crippen LogP contribution in [0.15, 0.2) is 36.4 Å². The molecule has 32 heavy (non-hydrogen) atoms. The third-order valence-corrected chi connectivity index (χ3v) is 6.78. The molecule has 0 unspecified atom stereocenters. The molecule has 2 fully saturated rings. The second-order valence-corrected chi connectivity index (χ2v) is 10.7. The minimum Gasteiger partial charge on any atom is -0.341 e. The number of hydrogen-bond donors (Lipinski definition) is 0. The molecule has 2 aliphatic rings. The predicted octanol–water partition coefficient (Wildman–Crippen LogP) is 5.00. The molecule has 1 heterocycles. The lowest BCUT2D eigenvalue weighted by atomic mass is 9.62. The van der Waals surface area contributed by atoms with Crippen molar-refractivity contribution in [2.45, 2.75) is 53.4 Å². The zero-order valence-electron chi connectivity index (χ0n) is 19.4. The van der Waals surface area contributed by atoms with Crippen LogP contribution in [-0.4, -0.2) is 35.5 Å². The van der Waals surface area contributed by atoms with Crippen molar-refractivity contribution in [1.82, 2.24) is 4.90 Å². The summed E-state index contributed by atoms with van der Waals surface area (Å²) in [5.41, 5.74) is 3.54. The number of rotatable bonds is 2. The number of carbonyl (C=O) groups is 3. The van der Waals surface area contributed by atoms with Crippen molar-refractivity contribution in [3.8, 4) is 11.1 Å². The highest BCUT2D eigenvalue weighted by atomic mass is 19.1. The van der Waals surface area contributed by atoms with Crippen LogP contribution in [0.5, 0.6) is 0 Å². The van der Waals surface area contributed by atoms with E-state index in [2.05, 4.69) is 0 Å². The van der Waals surface area contributed by atoms with Gasteiger partial charge in [-0.15, -0.1) is 0 Å². The Labute approximate surface area is 188 Å². The molecule has 0 N–H and O–H groups in total. The lowest BCUT2D eigenvalue weighted by Crippen LogP contribution is -2.63. The summed E-state index contributed by atoms with van der Waals surface area (Å²) in [5.74, 6) is -1.07. The first-order valence-corrected chi connectivity index (χ1v) is 11.1. The lowest BCUT2D eigenvalue weighted by Gasteiger charge is -2.53. The minimum absolute atomic E-state index is 0.0511. The number of likely N-dealkylation sites (tertiary alicyclic amines) is 1. The van der Waals surface area contributed by atoms with Crippen molar-refractivity contribution in [3.63, 3.8) is 0 Å². The summed E-state index contributed by atoms with van der Waals surface area (Å²) in [6.07, 6.45) is 0.659.